The van der Waals surface area contributed by atoms with Crippen molar-refractivity contribution < 1.29 is 9.26 Å². The molecule has 5 heteroatoms. The number of pyridine rings is 1. The van der Waals surface area contributed by atoms with Gasteiger partial charge in [0.1, 0.15) is 6.61 Å². The molecule has 0 saturated heterocycles. The summed E-state index contributed by atoms with van der Waals surface area (Å²) in [7, 11) is 1.59. The number of ether oxygens (including phenoxy) is 1. The van der Waals surface area contributed by atoms with Gasteiger partial charge in [-0.1, -0.05) is 5.16 Å². The van der Waals surface area contributed by atoms with Gasteiger partial charge in [0.15, 0.2) is 5.82 Å². The van der Waals surface area contributed by atoms with Gasteiger partial charge in [-0.3, -0.25) is 4.98 Å². The Labute approximate surface area is 87.1 Å². The minimum absolute atomic E-state index is 0.350. The monoisotopic (exact) mass is 205 g/mol. The Bertz CT molecular complexity index is 436. The molecule has 0 aliphatic rings. The second-order valence-corrected chi connectivity index (χ2v) is 3.14. The van der Waals surface area contributed by atoms with Crippen molar-refractivity contribution in [1.29, 1.82) is 0 Å². The molecule has 2 heterocycles. The van der Waals surface area contributed by atoms with E-state index in [-0.39, 0.29) is 0 Å². The maximum absolute atomic E-state index is 5.06. The zero-order chi connectivity index (χ0) is 10.7. The molecule has 0 N–H and O–H groups in total. The molecular weight excluding hydrogens is 194 g/mol. The van der Waals surface area contributed by atoms with Crippen molar-refractivity contribution in [3.8, 4) is 11.5 Å². The Morgan fingerprint density at radius 3 is 2.93 bits per heavy atom. The van der Waals surface area contributed by atoms with Gasteiger partial charge in [-0.15, -0.1) is 0 Å². The van der Waals surface area contributed by atoms with Crippen LogP contribution in [0.2, 0.25) is 0 Å². The maximum atomic E-state index is 5.06. The van der Waals surface area contributed by atoms with Crippen LogP contribution in [0.4, 0.5) is 0 Å². The summed E-state index contributed by atoms with van der Waals surface area (Å²) >= 11 is 0. The zero-order valence-corrected chi connectivity index (χ0v) is 8.60. The first kappa shape index (κ1) is 9.79. The molecule has 2 aromatic rings. The summed E-state index contributed by atoms with van der Waals surface area (Å²) in [6.07, 6.45) is 1.71. The van der Waals surface area contributed by atoms with E-state index in [0.717, 1.165) is 11.3 Å². The van der Waals surface area contributed by atoms with Crippen molar-refractivity contribution in [3.63, 3.8) is 0 Å². The largest absolute Gasteiger partial charge is 0.377 e. The van der Waals surface area contributed by atoms with Gasteiger partial charge in [-0.2, -0.15) is 4.98 Å². The lowest BCUT2D eigenvalue weighted by molar-refractivity contribution is 0.174. The fourth-order valence-corrected chi connectivity index (χ4v) is 1.15. The van der Waals surface area contributed by atoms with Crippen LogP contribution in [0, 0.1) is 6.92 Å². The van der Waals surface area contributed by atoms with E-state index < -0.39 is 0 Å². The van der Waals surface area contributed by atoms with Crippen LogP contribution in [-0.4, -0.2) is 22.2 Å². The second kappa shape index (κ2) is 4.18. The lowest BCUT2D eigenvalue weighted by atomic mass is 10.2. The Morgan fingerprint density at radius 1 is 1.40 bits per heavy atom. The van der Waals surface area contributed by atoms with Gasteiger partial charge < -0.3 is 9.26 Å². The lowest BCUT2D eigenvalue weighted by Crippen LogP contribution is -1.89. The molecule has 2 aromatic heterocycles. The van der Waals surface area contributed by atoms with Crippen molar-refractivity contribution in [1.82, 2.24) is 15.1 Å². The number of nitrogens with zero attached hydrogens (tertiary/aromatic N) is 3. The molecule has 0 saturated carbocycles. The van der Waals surface area contributed by atoms with Crippen molar-refractivity contribution in [3.05, 3.63) is 29.8 Å². The minimum atomic E-state index is 0.350. The Balaban J connectivity index is 2.25. The summed E-state index contributed by atoms with van der Waals surface area (Å²) in [5.41, 5.74) is 1.77. The highest BCUT2D eigenvalue weighted by atomic mass is 16.5. The zero-order valence-electron chi connectivity index (χ0n) is 8.60. The van der Waals surface area contributed by atoms with Crippen LogP contribution in [0.15, 0.2) is 22.9 Å². The van der Waals surface area contributed by atoms with Gasteiger partial charge in [0, 0.05) is 19.0 Å². The number of aromatic nitrogens is 3. The first-order chi connectivity index (χ1) is 7.29. The molecule has 0 unspecified atom stereocenters. The van der Waals surface area contributed by atoms with Crippen molar-refractivity contribution in [2.24, 2.45) is 0 Å². The number of aryl methyl sites for hydroxylation is 1. The number of rotatable bonds is 3. The van der Waals surface area contributed by atoms with Crippen LogP contribution in [-0.2, 0) is 11.3 Å². The molecule has 0 bridgehead atoms. The molecule has 0 fully saturated rings. The fourth-order valence-electron chi connectivity index (χ4n) is 1.15. The van der Waals surface area contributed by atoms with Gasteiger partial charge >= 0.3 is 0 Å². The topological polar surface area (TPSA) is 61.0 Å². The highest BCUT2D eigenvalue weighted by Gasteiger charge is 2.08. The fraction of sp³-hybridized carbons (Fsp3) is 0.300. The predicted octanol–water partition coefficient (Wildman–Crippen LogP) is 1.59. The molecule has 0 atom stereocenters. The van der Waals surface area contributed by atoms with E-state index in [4.69, 9.17) is 9.26 Å². The third-order valence-corrected chi connectivity index (χ3v) is 1.90. The van der Waals surface area contributed by atoms with Crippen LogP contribution in [0.25, 0.3) is 11.5 Å². The summed E-state index contributed by atoms with van der Waals surface area (Å²) in [5, 5.41) is 3.77. The van der Waals surface area contributed by atoms with E-state index in [2.05, 4.69) is 15.1 Å². The third kappa shape index (κ3) is 2.19. The Hall–Kier alpha value is -1.75. The van der Waals surface area contributed by atoms with Crippen LogP contribution in [0.5, 0.6) is 0 Å². The van der Waals surface area contributed by atoms with Crippen LogP contribution >= 0.6 is 0 Å². The SMILES string of the molecule is COCc1noc(-c2ccc(C)nc2)n1. The second-order valence-electron chi connectivity index (χ2n) is 3.14. The summed E-state index contributed by atoms with van der Waals surface area (Å²) < 4.78 is 9.96. The standard InChI is InChI=1S/C10H11N3O2/c1-7-3-4-8(5-11-7)10-12-9(6-14-2)13-15-10/h3-5H,6H2,1-2H3. The first-order valence-electron chi connectivity index (χ1n) is 4.54. The molecule has 78 valence electrons. The van der Waals surface area contributed by atoms with E-state index in [1.165, 1.54) is 0 Å². The van der Waals surface area contributed by atoms with Crippen molar-refractivity contribution in [2.75, 3.05) is 7.11 Å². The van der Waals surface area contributed by atoms with Gasteiger partial charge in [0.05, 0.1) is 5.56 Å². The molecule has 0 aliphatic carbocycles. The predicted molar refractivity (Wildman–Crippen MR) is 53.0 cm³/mol. The highest BCUT2D eigenvalue weighted by molar-refractivity contribution is 5.50. The number of methoxy groups -OCH3 is 1. The highest BCUT2D eigenvalue weighted by Crippen LogP contribution is 2.15. The van der Waals surface area contributed by atoms with Crippen LogP contribution < -0.4 is 0 Å². The summed E-state index contributed by atoms with van der Waals surface area (Å²) in [6, 6.07) is 3.79. The molecule has 0 amide bonds. The van der Waals surface area contributed by atoms with Gasteiger partial charge in [-0.05, 0) is 19.1 Å². The number of hydrogen-bond acceptors (Lipinski definition) is 5. The molecule has 0 spiro atoms. The summed E-state index contributed by atoms with van der Waals surface area (Å²) in [4.78, 5) is 8.31. The van der Waals surface area contributed by atoms with Gasteiger partial charge in [-0.25, -0.2) is 0 Å². The van der Waals surface area contributed by atoms with Gasteiger partial charge in [0.2, 0.25) is 0 Å². The van der Waals surface area contributed by atoms with E-state index >= 15 is 0 Å². The average molecular weight is 205 g/mol. The van der Waals surface area contributed by atoms with E-state index in [1.54, 1.807) is 13.3 Å². The molecule has 0 aromatic carbocycles. The smallest absolute Gasteiger partial charge is 0.259 e. The van der Waals surface area contributed by atoms with Gasteiger partial charge in [0.25, 0.3) is 5.89 Å². The normalized spacial score (nSPS) is 10.5. The van der Waals surface area contributed by atoms with E-state index in [1.807, 2.05) is 19.1 Å². The van der Waals surface area contributed by atoms with Crippen LogP contribution in [0.1, 0.15) is 11.5 Å². The summed E-state index contributed by atoms with van der Waals surface area (Å²) in [5.74, 6) is 1.00. The quantitative estimate of drug-likeness (QED) is 0.761. The molecular formula is C10H11N3O2. The first-order valence-corrected chi connectivity index (χ1v) is 4.54. The lowest BCUT2D eigenvalue weighted by Gasteiger charge is -1.93. The summed E-state index contributed by atoms with van der Waals surface area (Å²) in [6.45, 7) is 2.27. The Kier molecular flexibility index (Phi) is 2.73. The molecule has 15 heavy (non-hydrogen) atoms. The average Bonchev–Trinajstić information content (AvgIpc) is 2.68. The van der Waals surface area contributed by atoms with Crippen molar-refractivity contribution >= 4 is 0 Å². The molecule has 0 aliphatic heterocycles. The minimum Gasteiger partial charge on any atom is -0.377 e. The van der Waals surface area contributed by atoms with E-state index in [9.17, 15) is 0 Å². The number of hydrogen-bond donors (Lipinski definition) is 0. The maximum Gasteiger partial charge on any atom is 0.259 e. The van der Waals surface area contributed by atoms with Crippen molar-refractivity contribution in [2.45, 2.75) is 13.5 Å². The third-order valence-electron chi connectivity index (χ3n) is 1.90. The van der Waals surface area contributed by atoms with E-state index in [0.29, 0.717) is 18.3 Å². The molecule has 0 radical (unpaired) electrons. The Morgan fingerprint density at radius 2 is 2.27 bits per heavy atom. The molecule has 5 nitrogen and oxygen atoms in total. The molecule has 2 rings (SSSR count). The van der Waals surface area contributed by atoms with Crippen LogP contribution in [0.3, 0.4) is 0 Å².